The first-order valence-corrected chi connectivity index (χ1v) is 6.15. The summed E-state index contributed by atoms with van der Waals surface area (Å²) in [5, 5.41) is 0. The van der Waals surface area contributed by atoms with Crippen LogP contribution in [0.1, 0.15) is 17.5 Å². The lowest BCUT2D eigenvalue weighted by molar-refractivity contribution is -0.118. The van der Waals surface area contributed by atoms with E-state index >= 15 is 0 Å². The van der Waals surface area contributed by atoms with E-state index in [4.69, 9.17) is 16.3 Å². The Balaban J connectivity index is 2.00. The first-order valence-electron chi connectivity index (χ1n) is 5.77. The van der Waals surface area contributed by atoms with Crippen molar-refractivity contribution >= 4 is 23.2 Å². The third-order valence-electron chi connectivity index (χ3n) is 3.60. The average molecular weight is 252 g/mol. The van der Waals surface area contributed by atoms with Crippen LogP contribution in [-0.4, -0.2) is 26.2 Å². The number of hydrogen-bond donors (Lipinski definition) is 0. The number of carbonyl (C=O) groups excluding carboxylic acids is 1. The lowest BCUT2D eigenvalue weighted by Gasteiger charge is -2.37. The topological polar surface area (TPSA) is 29.5 Å². The fourth-order valence-corrected chi connectivity index (χ4v) is 2.66. The molecule has 1 aromatic rings. The summed E-state index contributed by atoms with van der Waals surface area (Å²) >= 11 is 6.43. The Morgan fingerprint density at radius 1 is 1.35 bits per heavy atom. The van der Waals surface area contributed by atoms with Crippen LogP contribution in [-0.2, 0) is 20.8 Å². The molecule has 0 unspecified atom stereocenters. The van der Waals surface area contributed by atoms with E-state index in [0.717, 1.165) is 17.7 Å². The SMILES string of the molecule is CN1C(=O)CCc2cc(C3(Cl)COC3)ccc21. The Labute approximate surface area is 105 Å². The minimum atomic E-state index is -0.352. The van der Waals surface area contributed by atoms with Gasteiger partial charge in [0.1, 0.15) is 4.87 Å². The highest BCUT2D eigenvalue weighted by atomic mass is 35.5. The summed E-state index contributed by atoms with van der Waals surface area (Å²) in [6, 6.07) is 6.11. The third-order valence-corrected chi connectivity index (χ3v) is 4.04. The van der Waals surface area contributed by atoms with Crippen LogP contribution in [0.2, 0.25) is 0 Å². The van der Waals surface area contributed by atoms with Gasteiger partial charge in [0, 0.05) is 19.2 Å². The van der Waals surface area contributed by atoms with Crippen molar-refractivity contribution in [3.8, 4) is 0 Å². The summed E-state index contributed by atoms with van der Waals surface area (Å²) in [5.74, 6) is 0.179. The number of hydrogen-bond acceptors (Lipinski definition) is 2. The molecule has 1 amide bonds. The number of halogens is 1. The number of fused-ring (bicyclic) bond motifs is 1. The van der Waals surface area contributed by atoms with Gasteiger partial charge in [-0.3, -0.25) is 4.79 Å². The highest BCUT2D eigenvalue weighted by molar-refractivity contribution is 6.24. The second-order valence-electron chi connectivity index (χ2n) is 4.75. The number of aryl methyl sites for hydroxylation is 1. The van der Waals surface area contributed by atoms with E-state index < -0.39 is 0 Å². The molecular weight excluding hydrogens is 238 g/mol. The van der Waals surface area contributed by atoms with E-state index in [9.17, 15) is 4.79 Å². The second-order valence-corrected chi connectivity index (χ2v) is 5.48. The lowest BCUT2D eigenvalue weighted by Crippen LogP contribution is -2.41. The maximum atomic E-state index is 11.6. The summed E-state index contributed by atoms with van der Waals surface area (Å²) < 4.78 is 5.18. The molecule has 0 saturated carbocycles. The number of nitrogens with zero attached hydrogens (tertiary/aromatic N) is 1. The predicted octanol–water partition coefficient (Wildman–Crippen LogP) is 2.06. The number of benzene rings is 1. The van der Waals surface area contributed by atoms with Crippen LogP contribution >= 0.6 is 11.6 Å². The van der Waals surface area contributed by atoms with Crippen LogP contribution in [0, 0.1) is 0 Å². The first-order chi connectivity index (χ1) is 8.10. The van der Waals surface area contributed by atoms with Crippen LogP contribution in [0.5, 0.6) is 0 Å². The first kappa shape index (κ1) is 11.1. The number of rotatable bonds is 1. The standard InChI is InChI=1S/C13H14ClNO2/c1-15-11-4-3-10(13(14)7-17-8-13)6-9(11)2-5-12(15)16/h3-4,6H,2,5,7-8H2,1H3. The minimum absolute atomic E-state index is 0.179. The summed E-state index contributed by atoms with van der Waals surface area (Å²) in [7, 11) is 1.82. The fourth-order valence-electron chi connectivity index (χ4n) is 2.38. The normalized spacial score (nSPS) is 22.0. The predicted molar refractivity (Wildman–Crippen MR) is 66.5 cm³/mol. The van der Waals surface area contributed by atoms with Gasteiger partial charge in [0.05, 0.1) is 13.2 Å². The van der Waals surface area contributed by atoms with E-state index in [1.165, 1.54) is 5.56 Å². The zero-order chi connectivity index (χ0) is 12.0. The molecule has 0 aliphatic carbocycles. The maximum absolute atomic E-state index is 11.6. The monoisotopic (exact) mass is 251 g/mol. The van der Waals surface area contributed by atoms with Crippen molar-refractivity contribution in [2.24, 2.45) is 0 Å². The molecule has 0 spiro atoms. The van der Waals surface area contributed by atoms with Gasteiger partial charge in [-0.25, -0.2) is 0 Å². The van der Waals surface area contributed by atoms with Crippen molar-refractivity contribution in [1.82, 2.24) is 0 Å². The number of amides is 1. The van der Waals surface area contributed by atoms with E-state index in [2.05, 4.69) is 6.07 Å². The van der Waals surface area contributed by atoms with Gasteiger partial charge in [-0.2, -0.15) is 0 Å². The Morgan fingerprint density at radius 2 is 2.12 bits per heavy atom. The molecular formula is C13H14ClNO2. The van der Waals surface area contributed by atoms with Crippen LogP contribution < -0.4 is 4.90 Å². The van der Waals surface area contributed by atoms with E-state index in [1.807, 2.05) is 19.2 Å². The van der Waals surface area contributed by atoms with Crippen LogP contribution in [0.3, 0.4) is 0 Å². The molecule has 2 aliphatic heterocycles. The Bertz CT molecular complexity index is 482. The molecule has 0 atom stereocenters. The molecule has 1 fully saturated rings. The van der Waals surface area contributed by atoms with Gasteiger partial charge in [0.25, 0.3) is 0 Å². The van der Waals surface area contributed by atoms with Gasteiger partial charge in [-0.1, -0.05) is 12.1 Å². The largest absolute Gasteiger partial charge is 0.377 e. The molecule has 0 aromatic heterocycles. The third kappa shape index (κ3) is 1.65. The maximum Gasteiger partial charge on any atom is 0.227 e. The van der Waals surface area contributed by atoms with Gasteiger partial charge < -0.3 is 9.64 Å². The van der Waals surface area contributed by atoms with Crippen molar-refractivity contribution < 1.29 is 9.53 Å². The smallest absolute Gasteiger partial charge is 0.227 e. The molecule has 3 rings (SSSR count). The molecule has 17 heavy (non-hydrogen) atoms. The van der Waals surface area contributed by atoms with E-state index in [0.29, 0.717) is 19.6 Å². The van der Waals surface area contributed by atoms with Gasteiger partial charge in [0.15, 0.2) is 0 Å². The Hall–Kier alpha value is -1.06. The zero-order valence-corrected chi connectivity index (χ0v) is 10.5. The van der Waals surface area contributed by atoms with Gasteiger partial charge in [-0.15, -0.1) is 11.6 Å². The number of anilines is 1. The van der Waals surface area contributed by atoms with Crippen molar-refractivity contribution in [3.05, 3.63) is 29.3 Å². The van der Waals surface area contributed by atoms with Gasteiger partial charge in [-0.05, 0) is 23.6 Å². The van der Waals surface area contributed by atoms with E-state index in [-0.39, 0.29) is 10.8 Å². The van der Waals surface area contributed by atoms with Gasteiger partial charge >= 0.3 is 0 Å². The highest BCUT2D eigenvalue weighted by Crippen LogP contribution is 2.39. The summed E-state index contributed by atoms with van der Waals surface area (Å²) in [6.45, 7) is 1.14. The fraction of sp³-hybridized carbons (Fsp3) is 0.462. The molecule has 2 heterocycles. The van der Waals surface area contributed by atoms with Crippen molar-refractivity contribution in [1.29, 1.82) is 0 Å². The molecule has 0 radical (unpaired) electrons. The number of alkyl halides is 1. The summed E-state index contributed by atoms with van der Waals surface area (Å²) in [5.41, 5.74) is 3.31. The second kappa shape index (κ2) is 3.72. The number of carbonyl (C=O) groups is 1. The molecule has 1 aromatic carbocycles. The molecule has 1 saturated heterocycles. The molecule has 2 aliphatic rings. The van der Waals surface area contributed by atoms with Crippen LogP contribution in [0.4, 0.5) is 5.69 Å². The molecule has 0 N–H and O–H groups in total. The van der Waals surface area contributed by atoms with Crippen molar-refractivity contribution in [3.63, 3.8) is 0 Å². The number of ether oxygens (including phenoxy) is 1. The van der Waals surface area contributed by atoms with Crippen LogP contribution in [0.15, 0.2) is 18.2 Å². The van der Waals surface area contributed by atoms with Gasteiger partial charge in [0.2, 0.25) is 5.91 Å². The average Bonchev–Trinajstić information content (AvgIpc) is 2.30. The Kier molecular flexibility index (Phi) is 2.42. The lowest BCUT2D eigenvalue weighted by atomic mass is 9.91. The highest BCUT2D eigenvalue weighted by Gasteiger charge is 2.38. The Morgan fingerprint density at radius 3 is 2.76 bits per heavy atom. The summed E-state index contributed by atoms with van der Waals surface area (Å²) in [6.07, 6.45) is 1.39. The summed E-state index contributed by atoms with van der Waals surface area (Å²) in [4.78, 5) is 13.0. The minimum Gasteiger partial charge on any atom is -0.377 e. The zero-order valence-electron chi connectivity index (χ0n) is 9.70. The molecule has 4 heteroatoms. The van der Waals surface area contributed by atoms with Crippen molar-refractivity contribution in [2.45, 2.75) is 17.7 Å². The quantitative estimate of drug-likeness (QED) is 0.715. The van der Waals surface area contributed by atoms with E-state index in [1.54, 1.807) is 4.90 Å². The molecule has 3 nitrogen and oxygen atoms in total. The molecule has 0 bridgehead atoms. The van der Waals surface area contributed by atoms with Crippen molar-refractivity contribution in [2.75, 3.05) is 25.2 Å². The molecule has 90 valence electrons. The van der Waals surface area contributed by atoms with Crippen LogP contribution in [0.25, 0.3) is 0 Å².